The van der Waals surface area contributed by atoms with Crippen LogP contribution in [0.3, 0.4) is 0 Å². The predicted octanol–water partition coefficient (Wildman–Crippen LogP) is 9.45. The molecule has 0 aliphatic carbocycles. The molecule has 0 N–H and O–H groups in total. The van der Waals surface area contributed by atoms with Crippen molar-refractivity contribution < 1.29 is 23.5 Å². The van der Waals surface area contributed by atoms with Crippen LogP contribution in [-0.4, -0.2) is 47.1 Å². The number of carbonyl (C=O) groups is 2. The van der Waals surface area contributed by atoms with Crippen LogP contribution < -0.4 is 4.90 Å². The zero-order valence-corrected chi connectivity index (χ0v) is 31.5. The van der Waals surface area contributed by atoms with E-state index in [-0.39, 0.29) is 23.7 Å². The fourth-order valence-electron chi connectivity index (χ4n) is 6.53. The normalized spacial score (nSPS) is 15.1. The second-order valence-electron chi connectivity index (χ2n) is 14.9. The monoisotopic (exact) mass is 699 g/mol. The molecule has 1 amide bonds. The Morgan fingerprint density at radius 1 is 0.960 bits per heavy atom. The molecule has 1 aliphatic rings. The van der Waals surface area contributed by atoms with Crippen molar-refractivity contribution in [3.8, 4) is 11.1 Å². The zero-order chi connectivity index (χ0) is 36.2. The summed E-state index contributed by atoms with van der Waals surface area (Å²) in [6.45, 7) is 18.9. The van der Waals surface area contributed by atoms with Gasteiger partial charge >= 0.3 is 5.97 Å². The Hall–Kier alpha value is -4.08. The summed E-state index contributed by atoms with van der Waals surface area (Å²) in [6, 6.07) is 18.2. The molecule has 4 aromatic rings. The van der Waals surface area contributed by atoms with Gasteiger partial charge in [-0.05, 0) is 100 Å². The van der Waals surface area contributed by atoms with Gasteiger partial charge in [-0.15, -0.1) is 11.3 Å². The first-order valence-corrected chi connectivity index (χ1v) is 18.3. The molecule has 1 saturated heterocycles. The molecule has 0 spiro atoms. The van der Waals surface area contributed by atoms with E-state index in [1.165, 1.54) is 23.5 Å². The first-order valence-electron chi connectivity index (χ1n) is 17.4. The molecule has 266 valence electrons. The van der Waals surface area contributed by atoms with E-state index in [2.05, 4.69) is 30.9 Å². The fourth-order valence-corrected chi connectivity index (χ4v) is 7.22. The van der Waals surface area contributed by atoms with Gasteiger partial charge in [-0.1, -0.05) is 56.3 Å². The number of hydrogen-bond acceptors (Lipinski definition) is 7. The molecule has 2 aromatic heterocycles. The SMILES string of the molecule is CCOC(=O)[C@@H](OC(C)(C)C)c1c(C)nc(C)c(-c2ccc(CN(Cc3ccc(F)cc3)C(=O)c3cccs3)cc2)c1N1CCC(C)(C)CC1. The maximum absolute atomic E-state index is 13.7. The highest BCUT2D eigenvalue weighted by atomic mass is 32.1. The quantitative estimate of drug-likeness (QED) is 0.145. The van der Waals surface area contributed by atoms with Crippen LogP contribution in [-0.2, 0) is 27.4 Å². The van der Waals surface area contributed by atoms with E-state index in [9.17, 15) is 14.0 Å². The van der Waals surface area contributed by atoms with Crippen LogP contribution in [0.2, 0.25) is 0 Å². The van der Waals surface area contributed by atoms with Crippen LogP contribution in [0.5, 0.6) is 0 Å². The van der Waals surface area contributed by atoms with Gasteiger partial charge in [0.1, 0.15) is 5.82 Å². The van der Waals surface area contributed by atoms with Gasteiger partial charge in [0.15, 0.2) is 6.10 Å². The standard InChI is InChI=1S/C41H50FN3O4S/c1-9-48-39(47)37(49-40(4,5)6)35-28(3)43-27(2)34(36(35)44-22-20-41(7,8)21-23-44)31-16-12-29(13-17-31)25-45(38(46)33-11-10-24-50-33)26-30-14-18-32(42)19-15-30/h10-19,24,37H,9,20-23,25-26H2,1-8H3/t37-/m0/s1. The van der Waals surface area contributed by atoms with E-state index < -0.39 is 17.7 Å². The summed E-state index contributed by atoms with van der Waals surface area (Å²) in [4.78, 5) is 37.1. The molecule has 0 radical (unpaired) electrons. The number of hydrogen-bond donors (Lipinski definition) is 0. The van der Waals surface area contributed by atoms with E-state index >= 15 is 0 Å². The van der Waals surface area contributed by atoms with Gasteiger partial charge in [-0.25, -0.2) is 9.18 Å². The van der Waals surface area contributed by atoms with Gasteiger partial charge in [-0.2, -0.15) is 0 Å². The van der Waals surface area contributed by atoms with E-state index in [1.807, 2.05) is 71.2 Å². The lowest BCUT2D eigenvalue weighted by Crippen LogP contribution is -2.39. The number of rotatable bonds is 11. The number of carbonyl (C=O) groups excluding carboxylic acids is 2. The molecule has 1 atom stereocenters. The molecule has 0 unspecified atom stereocenters. The van der Waals surface area contributed by atoms with Crippen molar-refractivity contribution in [1.29, 1.82) is 0 Å². The zero-order valence-electron chi connectivity index (χ0n) is 30.6. The van der Waals surface area contributed by atoms with Crippen LogP contribution in [0.4, 0.5) is 10.1 Å². The molecular weight excluding hydrogens is 650 g/mol. The molecule has 3 heterocycles. The number of ether oxygens (including phenoxy) is 2. The van der Waals surface area contributed by atoms with E-state index in [0.717, 1.165) is 70.8 Å². The maximum Gasteiger partial charge on any atom is 0.340 e. The largest absolute Gasteiger partial charge is 0.464 e. The van der Waals surface area contributed by atoms with Crippen molar-refractivity contribution in [2.45, 2.75) is 93.0 Å². The summed E-state index contributed by atoms with van der Waals surface area (Å²) in [5.74, 6) is -0.806. The number of aryl methyl sites for hydroxylation is 2. The van der Waals surface area contributed by atoms with Gasteiger partial charge in [0.2, 0.25) is 0 Å². The Morgan fingerprint density at radius 3 is 2.10 bits per heavy atom. The van der Waals surface area contributed by atoms with Crippen LogP contribution in [0.15, 0.2) is 66.0 Å². The topological polar surface area (TPSA) is 72.0 Å². The maximum atomic E-state index is 13.7. The Balaban J connectivity index is 1.57. The molecule has 0 saturated carbocycles. The molecule has 7 nitrogen and oxygen atoms in total. The highest BCUT2D eigenvalue weighted by Gasteiger charge is 2.37. The van der Waals surface area contributed by atoms with Gasteiger partial charge in [-0.3, -0.25) is 9.78 Å². The lowest BCUT2D eigenvalue weighted by atomic mass is 9.81. The Labute approximate surface area is 300 Å². The number of thiophene rings is 1. The highest BCUT2D eigenvalue weighted by molar-refractivity contribution is 7.12. The first-order chi connectivity index (χ1) is 23.7. The number of benzene rings is 2. The fraction of sp³-hybridized carbons (Fsp3) is 0.439. The number of piperidine rings is 1. The average Bonchev–Trinajstić information content (AvgIpc) is 3.60. The summed E-state index contributed by atoms with van der Waals surface area (Å²) < 4.78 is 25.8. The molecule has 1 aliphatic heterocycles. The number of anilines is 1. The number of pyridine rings is 1. The highest BCUT2D eigenvalue weighted by Crippen LogP contribution is 2.45. The average molecular weight is 700 g/mol. The third-order valence-corrected chi connectivity index (χ3v) is 10.0. The van der Waals surface area contributed by atoms with Gasteiger partial charge in [0.25, 0.3) is 5.91 Å². The smallest absolute Gasteiger partial charge is 0.340 e. The molecule has 2 aromatic carbocycles. The Kier molecular flexibility index (Phi) is 11.5. The summed E-state index contributed by atoms with van der Waals surface area (Å²) in [5.41, 5.74) is 6.66. The van der Waals surface area contributed by atoms with Crippen molar-refractivity contribution in [1.82, 2.24) is 9.88 Å². The van der Waals surface area contributed by atoms with Crippen LogP contribution >= 0.6 is 11.3 Å². The van der Waals surface area contributed by atoms with E-state index in [0.29, 0.717) is 18.0 Å². The number of amides is 1. The molecule has 9 heteroatoms. The third kappa shape index (κ3) is 8.98. The third-order valence-electron chi connectivity index (χ3n) is 9.17. The molecular formula is C41H50FN3O4S. The molecule has 5 rings (SSSR count). The lowest BCUT2D eigenvalue weighted by Gasteiger charge is -2.41. The number of halogens is 1. The number of nitrogens with zero attached hydrogens (tertiary/aromatic N) is 3. The van der Waals surface area contributed by atoms with Crippen LogP contribution in [0, 0.1) is 25.1 Å². The van der Waals surface area contributed by atoms with Gasteiger partial charge in [0.05, 0.1) is 22.8 Å². The lowest BCUT2D eigenvalue weighted by molar-refractivity contribution is -0.166. The van der Waals surface area contributed by atoms with E-state index in [1.54, 1.807) is 17.0 Å². The summed E-state index contributed by atoms with van der Waals surface area (Å²) >= 11 is 1.41. The summed E-state index contributed by atoms with van der Waals surface area (Å²) in [7, 11) is 0. The summed E-state index contributed by atoms with van der Waals surface area (Å²) in [6.07, 6.45) is 1.07. The minimum atomic E-state index is -0.950. The van der Waals surface area contributed by atoms with Gasteiger partial charge in [0, 0.05) is 48.7 Å². The van der Waals surface area contributed by atoms with Crippen LogP contribution in [0.1, 0.15) is 98.2 Å². The van der Waals surface area contributed by atoms with Crippen molar-refractivity contribution in [2.24, 2.45) is 5.41 Å². The first kappa shape index (κ1) is 37.2. The van der Waals surface area contributed by atoms with Crippen LogP contribution in [0.25, 0.3) is 11.1 Å². The second-order valence-corrected chi connectivity index (χ2v) is 15.8. The Bertz CT molecular complexity index is 1770. The van der Waals surface area contributed by atoms with Crippen molar-refractivity contribution in [3.05, 3.63) is 105 Å². The summed E-state index contributed by atoms with van der Waals surface area (Å²) in [5, 5.41) is 1.89. The van der Waals surface area contributed by atoms with E-state index in [4.69, 9.17) is 14.5 Å². The second kappa shape index (κ2) is 15.4. The van der Waals surface area contributed by atoms with Crippen molar-refractivity contribution >= 4 is 28.9 Å². The Morgan fingerprint density at radius 2 is 1.56 bits per heavy atom. The van der Waals surface area contributed by atoms with Crippen molar-refractivity contribution in [3.63, 3.8) is 0 Å². The molecule has 0 bridgehead atoms. The van der Waals surface area contributed by atoms with Crippen molar-refractivity contribution in [2.75, 3.05) is 24.6 Å². The number of aromatic nitrogens is 1. The van der Waals surface area contributed by atoms with Gasteiger partial charge < -0.3 is 19.3 Å². The molecule has 1 fully saturated rings. The minimum absolute atomic E-state index is 0.0733. The number of esters is 1. The minimum Gasteiger partial charge on any atom is -0.464 e. The molecule has 50 heavy (non-hydrogen) atoms. The predicted molar refractivity (Wildman–Crippen MR) is 199 cm³/mol.